The quantitative estimate of drug-likeness (QED) is 0.842. The standard InChI is InChI=1S/C11H15ClN2O/c1-11(4-6-15-7-5-11)14-10-3-2-9(12)8-13-10/h2-3,8H,4-7H2,1H3,(H,13,14). The van der Waals surface area contributed by atoms with Crippen LogP contribution in [-0.2, 0) is 4.74 Å². The van der Waals surface area contributed by atoms with Gasteiger partial charge in [0.2, 0.25) is 0 Å². The van der Waals surface area contributed by atoms with Gasteiger partial charge in [0.15, 0.2) is 0 Å². The van der Waals surface area contributed by atoms with E-state index < -0.39 is 0 Å². The van der Waals surface area contributed by atoms with Crippen molar-refractivity contribution in [1.29, 1.82) is 0 Å². The maximum Gasteiger partial charge on any atom is 0.126 e. The molecule has 15 heavy (non-hydrogen) atoms. The molecule has 0 saturated carbocycles. The number of halogens is 1. The highest BCUT2D eigenvalue weighted by Gasteiger charge is 2.27. The molecule has 0 atom stereocenters. The number of rotatable bonds is 2. The first-order valence-corrected chi connectivity index (χ1v) is 5.53. The van der Waals surface area contributed by atoms with Gasteiger partial charge in [-0.15, -0.1) is 0 Å². The molecule has 0 aromatic carbocycles. The van der Waals surface area contributed by atoms with Gasteiger partial charge in [0.05, 0.1) is 5.02 Å². The Labute approximate surface area is 94.8 Å². The van der Waals surface area contributed by atoms with Crippen molar-refractivity contribution in [3.8, 4) is 0 Å². The van der Waals surface area contributed by atoms with E-state index in [0.29, 0.717) is 5.02 Å². The minimum absolute atomic E-state index is 0.0963. The first-order chi connectivity index (χ1) is 7.18. The third-order valence-electron chi connectivity index (χ3n) is 2.75. The van der Waals surface area contributed by atoms with Crippen LogP contribution in [0.5, 0.6) is 0 Å². The molecule has 1 aliphatic rings. The fraction of sp³-hybridized carbons (Fsp3) is 0.545. The van der Waals surface area contributed by atoms with E-state index in [-0.39, 0.29) is 5.54 Å². The molecule has 1 saturated heterocycles. The molecule has 0 radical (unpaired) electrons. The van der Waals surface area contributed by atoms with Crippen LogP contribution < -0.4 is 5.32 Å². The highest BCUT2D eigenvalue weighted by atomic mass is 35.5. The summed E-state index contributed by atoms with van der Waals surface area (Å²) in [6.45, 7) is 3.83. The van der Waals surface area contributed by atoms with Gasteiger partial charge in [0.1, 0.15) is 5.82 Å². The Balaban J connectivity index is 2.03. The summed E-state index contributed by atoms with van der Waals surface area (Å²) in [6.07, 6.45) is 3.68. The van der Waals surface area contributed by atoms with E-state index in [1.165, 1.54) is 0 Å². The van der Waals surface area contributed by atoms with Gasteiger partial charge in [0.25, 0.3) is 0 Å². The Kier molecular flexibility index (Phi) is 3.12. The van der Waals surface area contributed by atoms with Gasteiger partial charge in [-0.25, -0.2) is 4.98 Å². The zero-order valence-corrected chi connectivity index (χ0v) is 9.55. The maximum absolute atomic E-state index is 5.78. The van der Waals surface area contributed by atoms with E-state index in [0.717, 1.165) is 31.9 Å². The average Bonchev–Trinajstić information content (AvgIpc) is 2.22. The summed E-state index contributed by atoms with van der Waals surface area (Å²) < 4.78 is 5.34. The SMILES string of the molecule is CC1(Nc2ccc(Cl)cn2)CCOCC1. The number of aromatic nitrogens is 1. The molecule has 0 aliphatic carbocycles. The van der Waals surface area contributed by atoms with E-state index in [1.54, 1.807) is 6.20 Å². The summed E-state index contributed by atoms with van der Waals surface area (Å²) in [6, 6.07) is 3.75. The lowest BCUT2D eigenvalue weighted by atomic mass is 9.92. The lowest BCUT2D eigenvalue weighted by Crippen LogP contribution is -2.40. The first-order valence-electron chi connectivity index (χ1n) is 5.15. The number of nitrogens with one attached hydrogen (secondary N) is 1. The molecule has 1 fully saturated rings. The Morgan fingerprint density at radius 1 is 1.40 bits per heavy atom. The Bertz CT molecular complexity index is 320. The minimum atomic E-state index is 0.0963. The first kappa shape index (κ1) is 10.7. The second-order valence-electron chi connectivity index (χ2n) is 4.16. The fourth-order valence-corrected chi connectivity index (χ4v) is 1.82. The van der Waals surface area contributed by atoms with Gasteiger partial charge in [-0.2, -0.15) is 0 Å². The zero-order chi connectivity index (χ0) is 10.7. The second kappa shape index (κ2) is 4.37. The molecule has 1 aliphatic heterocycles. The van der Waals surface area contributed by atoms with Crippen molar-refractivity contribution in [2.24, 2.45) is 0 Å². The fourth-order valence-electron chi connectivity index (χ4n) is 1.71. The molecule has 0 spiro atoms. The van der Waals surface area contributed by atoms with Crippen molar-refractivity contribution in [2.75, 3.05) is 18.5 Å². The molecule has 1 N–H and O–H groups in total. The van der Waals surface area contributed by atoms with E-state index in [4.69, 9.17) is 16.3 Å². The molecule has 82 valence electrons. The van der Waals surface area contributed by atoms with Crippen LogP contribution >= 0.6 is 11.6 Å². The topological polar surface area (TPSA) is 34.2 Å². The van der Waals surface area contributed by atoms with Gasteiger partial charge in [0, 0.05) is 24.9 Å². The summed E-state index contributed by atoms with van der Waals surface area (Å²) in [5, 5.41) is 4.10. The third kappa shape index (κ3) is 2.83. The molecule has 0 amide bonds. The molecule has 0 bridgehead atoms. The minimum Gasteiger partial charge on any atom is -0.381 e. The Morgan fingerprint density at radius 3 is 2.73 bits per heavy atom. The molecule has 1 aromatic heterocycles. The van der Waals surface area contributed by atoms with Crippen molar-refractivity contribution in [1.82, 2.24) is 4.98 Å². The second-order valence-corrected chi connectivity index (χ2v) is 4.60. The number of hydrogen-bond donors (Lipinski definition) is 1. The van der Waals surface area contributed by atoms with Crippen molar-refractivity contribution < 1.29 is 4.74 Å². The monoisotopic (exact) mass is 226 g/mol. The van der Waals surface area contributed by atoms with Crippen molar-refractivity contribution in [3.63, 3.8) is 0 Å². The van der Waals surface area contributed by atoms with Gasteiger partial charge in [-0.1, -0.05) is 11.6 Å². The summed E-state index contributed by atoms with van der Waals surface area (Å²) >= 11 is 5.78. The average molecular weight is 227 g/mol. The number of pyridine rings is 1. The number of ether oxygens (including phenoxy) is 1. The van der Waals surface area contributed by atoms with Gasteiger partial charge < -0.3 is 10.1 Å². The van der Waals surface area contributed by atoms with Crippen LogP contribution in [0.25, 0.3) is 0 Å². The molecular formula is C11H15ClN2O. The lowest BCUT2D eigenvalue weighted by molar-refractivity contribution is 0.0657. The van der Waals surface area contributed by atoms with E-state index in [9.17, 15) is 0 Å². The van der Waals surface area contributed by atoms with Crippen LogP contribution in [0, 0.1) is 0 Å². The van der Waals surface area contributed by atoms with E-state index >= 15 is 0 Å². The predicted octanol–water partition coefficient (Wildman–Crippen LogP) is 2.72. The molecule has 0 unspecified atom stereocenters. The van der Waals surface area contributed by atoms with Crippen LogP contribution in [0.1, 0.15) is 19.8 Å². The van der Waals surface area contributed by atoms with Crippen LogP contribution in [0.3, 0.4) is 0 Å². The highest BCUT2D eigenvalue weighted by Crippen LogP contribution is 2.24. The van der Waals surface area contributed by atoms with Crippen molar-refractivity contribution in [3.05, 3.63) is 23.4 Å². The molecule has 4 heteroatoms. The van der Waals surface area contributed by atoms with Crippen molar-refractivity contribution in [2.45, 2.75) is 25.3 Å². The number of anilines is 1. The zero-order valence-electron chi connectivity index (χ0n) is 8.79. The van der Waals surface area contributed by atoms with Crippen LogP contribution in [-0.4, -0.2) is 23.7 Å². The van der Waals surface area contributed by atoms with E-state index in [2.05, 4.69) is 17.2 Å². The third-order valence-corrected chi connectivity index (χ3v) is 2.98. The molecule has 3 nitrogen and oxygen atoms in total. The van der Waals surface area contributed by atoms with E-state index in [1.807, 2.05) is 12.1 Å². The largest absolute Gasteiger partial charge is 0.381 e. The summed E-state index contributed by atoms with van der Waals surface area (Å²) in [4.78, 5) is 4.23. The number of hydrogen-bond acceptors (Lipinski definition) is 3. The van der Waals surface area contributed by atoms with Crippen LogP contribution in [0.2, 0.25) is 5.02 Å². The van der Waals surface area contributed by atoms with Crippen LogP contribution in [0.15, 0.2) is 18.3 Å². The van der Waals surface area contributed by atoms with Gasteiger partial charge in [-0.05, 0) is 31.9 Å². The molecule has 2 heterocycles. The molecule has 2 rings (SSSR count). The lowest BCUT2D eigenvalue weighted by Gasteiger charge is -2.34. The maximum atomic E-state index is 5.78. The Morgan fingerprint density at radius 2 is 2.13 bits per heavy atom. The predicted molar refractivity (Wildman–Crippen MR) is 61.3 cm³/mol. The smallest absolute Gasteiger partial charge is 0.126 e. The van der Waals surface area contributed by atoms with Gasteiger partial charge >= 0.3 is 0 Å². The van der Waals surface area contributed by atoms with Crippen LogP contribution in [0.4, 0.5) is 5.82 Å². The summed E-state index contributed by atoms with van der Waals surface area (Å²) in [5.74, 6) is 0.879. The highest BCUT2D eigenvalue weighted by molar-refractivity contribution is 6.30. The molecular weight excluding hydrogens is 212 g/mol. The Hall–Kier alpha value is -0.800. The normalized spacial score (nSPS) is 19.9. The number of nitrogens with zero attached hydrogens (tertiary/aromatic N) is 1. The van der Waals surface area contributed by atoms with Crippen molar-refractivity contribution >= 4 is 17.4 Å². The molecule has 1 aromatic rings. The summed E-state index contributed by atoms with van der Waals surface area (Å²) in [5.41, 5.74) is 0.0963. The summed E-state index contributed by atoms with van der Waals surface area (Å²) in [7, 11) is 0. The van der Waals surface area contributed by atoms with Gasteiger partial charge in [-0.3, -0.25) is 0 Å².